The van der Waals surface area contributed by atoms with E-state index in [4.69, 9.17) is 4.74 Å². The van der Waals surface area contributed by atoms with Gasteiger partial charge in [0.25, 0.3) is 11.8 Å². The molecule has 1 aliphatic heterocycles. The van der Waals surface area contributed by atoms with E-state index in [-0.39, 0.29) is 17.2 Å². The van der Waals surface area contributed by atoms with Crippen molar-refractivity contribution in [2.24, 2.45) is 0 Å². The molecule has 2 N–H and O–H groups in total. The van der Waals surface area contributed by atoms with Crippen molar-refractivity contribution in [3.8, 4) is 5.75 Å². The van der Waals surface area contributed by atoms with E-state index in [9.17, 15) is 14.4 Å². The van der Waals surface area contributed by atoms with E-state index >= 15 is 0 Å². The van der Waals surface area contributed by atoms with E-state index in [1.807, 2.05) is 19.1 Å². The molecule has 0 bridgehead atoms. The fourth-order valence-electron chi connectivity index (χ4n) is 3.66. The number of amides is 3. The number of carbonyl (C=O) groups excluding carboxylic acids is 3. The standard InChI is InChI=1S/C26H23N3O4/c1-16-8-14-20(15-9-16)29-25(31)23(21-6-4-5-7-22(21)33-3)24(26(29)32)28-19-12-10-18(11-13-19)27-17(2)30/h4-15,28H,1-3H3,(H,27,30). The summed E-state index contributed by atoms with van der Waals surface area (Å²) in [7, 11) is 1.52. The summed E-state index contributed by atoms with van der Waals surface area (Å²) in [5, 5.41) is 5.81. The number of anilines is 3. The van der Waals surface area contributed by atoms with E-state index in [0.29, 0.717) is 28.4 Å². The fourth-order valence-corrected chi connectivity index (χ4v) is 3.66. The number of ether oxygens (including phenoxy) is 1. The van der Waals surface area contributed by atoms with Crippen molar-refractivity contribution in [3.63, 3.8) is 0 Å². The third-order valence-electron chi connectivity index (χ3n) is 5.23. The van der Waals surface area contributed by atoms with E-state index in [1.165, 1.54) is 14.0 Å². The molecule has 1 heterocycles. The summed E-state index contributed by atoms with van der Waals surface area (Å²) in [6, 6.07) is 21.2. The molecule has 33 heavy (non-hydrogen) atoms. The molecule has 0 aliphatic carbocycles. The van der Waals surface area contributed by atoms with Crippen molar-refractivity contribution < 1.29 is 19.1 Å². The first kappa shape index (κ1) is 21.8. The molecule has 3 aromatic rings. The third-order valence-corrected chi connectivity index (χ3v) is 5.23. The molecular formula is C26H23N3O4. The van der Waals surface area contributed by atoms with Gasteiger partial charge in [-0.05, 0) is 49.4 Å². The summed E-state index contributed by atoms with van der Waals surface area (Å²) in [5.74, 6) is -0.594. The highest BCUT2D eigenvalue weighted by Crippen LogP contribution is 2.37. The number of benzene rings is 3. The Hall–Kier alpha value is -4.39. The van der Waals surface area contributed by atoms with Gasteiger partial charge >= 0.3 is 0 Å². The molecule has 4 rings (SSSR count). The Labute approximate surface area is 191 Å². The Morgan fingerprint density at radius 2 is 1.48 bits per heavy atom. The van der Waals surface area contributed by atoms with Crippen molar-refractivity contribution in [3.05, 3.63) is 89.6 Å². The first-order chi connectivity index (χ1) is 15.9. The van der Waals surface area contributed by atoms with Gasteiger partial charge in [-0.2, -0.15) is 0 Å². The Bertz CT molecular complexity index is 1260. The molecule has 0 spiro atoms. The summed E-state index contributed by atoms with van der Waals surface area (Å²) in [6.45, 7) is 3.37. The molecule has 0 saturated heterocycles. The van der Waals surface area contributed by atoms with Crippen LogP contribution < -0.4 is 20.3 Å². The minimum absolute atomic E-state index is 0.150. The van der Waals surface area contributed by atoms with Crippen LogP contribution in [0.5, 0.6) is 5.75 Å². The predicted molar refractivity (Wildman–Crippen MR) is 128 cm³/mol. The van der Waals surface area contributed by atoms with Crippen LogP contribution in [0.1, 0.15) is 18.1 Å². The number of carbonyl (C=O) groups is 3. The van der Waals surface area contributed by atoms with Crippen molar-refractivity contribution in [1.29, 1.82) is 0 Å². The van der Waals surface area contributed by atoms with Gasteiger partial charge in [0.05, 0.1) is 18.4 Å². The minimum Gasteiger partial charge on any atom is -0.496 e. The predicted octanol–water partition coefficient (Wildman–Crippen LogP) is 4.36. The third kappa shape index (κ3) is 4.34. The zero-order valence-electron chi connectivity index (χ0n) is 18.5. The van der Waals surface area contributed by atoms with Crippen LogP contribution in [0.3, 0.4) is 0 Å². The van der Waals surface area contributed by atoms with E-state index in [0.717, 1.165) is 10.5 Å². The van der Waals surface area contributed by atoms with Crippen molar-refractivity contribution in [1.82, 2.24) is 0 Å². The maximum atomic E-state index is 13.6. The van der Waals surface area contributed by atoms with Gasteiger partial charge in [0.1, 0.15) is 11.4 Å². The number of rotatable bonds is 6. The summed E-state index contributed by atoms with van der Waals surface area (Å²) < 4.78 is 5.47. The van der Waals surface area contributed by atoms with Crippen LogP contribution in [-0.4, -0.2) is 24.8 Å². The smallest absolute Gasteiger partial charge is 0.282 e. The number of hydrogen-bond donors (Lipinski definition) is 2. The molecule has 7 nitrogen and oxygen atoms in total. The van der Waals surface area contributed by atoms with Crippen LogP contribution in [0.2, 0.25) is 0 Å². The average Bonchev–Trinajstić information content (AvgIpc) is 3.04. The highest BCUT2D eigenvalue weighted by molar-refractivity contribution is 6.46. The van der Waals surface area contributed by atoms with Crippen LogP contribution in [0.4, 0.5) is 17.1 Å². The van der Waals surface area contributed by atoms with Crippen LogP contribution in [0.25, 0.3) is 5.57 Å². The molecule has 7 heteroatoms. The number of nitrogens with one attached hydrogen (secondary N) is 2. The second kappa shape index (κ2) is 9.00. The minimum atomic E-state index is -0.462. The van der Waals surface area contributed by atoms with Crippen molar-refractivity contribution in [2.75, 3.05) is 22.6 Å². The van der Waals surface area contributed by atoms with Crippen LogP contribution in [-0.2, 0) is 14.4 Å². The number of hydrogen-bond acceptors (Lipinski definition) is 5. The molecule has 3 aromatic carbocycles. The van der Waals surface area contributed by atoms with Gasteiger partial charge in [0, 0.05) is 23.9 Å². The molecular weight excluding hydrogens is 418 g/mol. The van der Waals surface area contributed by atoms with Gasteiger partial charge in [-0.3, -0.25) is 14.4 Å². The first-order valence-electron chi connectivity index (χ1n) is 10.4. The summed E-state index contributed by atoms with van der Waals surface area (Å²) >= 11 is 0. The van der Waals surface area contributed by atoms with Gasteiger partial charge in [0.2, 0.25) is 5.91 Å². The molecule has 0 atom stereocenters. The zero-order valence-corrected chi connectivity index (χ0v) is 18.5. The lowest BCUT2D eigenvalue weighted by Gasteiger charge is -2.16. The zero-order chi connectivity index (χ0) is 23.5. The summed E-state index contributed by atoms with van der Waals surface area (Å²) in [6.07, 6.45) is 0. The number of imide groups is 1. The van der Waals surface area contributed by atoms with Crippen LogP contribution in [0, 0.1) is 6.92 Å². The molecule has 1 aliphatic rings. The normalized spacial score (nSPS) is 13.4. The monoisotopic (exact) mass is 441 g/mol. The largest absolute Gasteiger partial charge is 0.496 e. The lowest BCUT2D eigenvalue weighted by atomic mass is 10.0. The van der Waals surface area contributed by atoms with Gasteiger partial charge in [-0.15, -0.1) is 0 Å². The molecule has 3 amide bonds. The second-order valence-corrected chi connectivity index (χ2v) is 7.62. The van der Waals surface area contributed by atoms with Crippen LogP contribution in [0.15, 0.2) is 78.5 Å². The highest BCUT2D eigenvalue weighted by atomic mass is 16.5. The SMILES string of the molecule is COc1ccccc1C1=C(Nc2ccc(NC(C)=O)cc2)C(=O)N(c2ccc(C)cc2)C1=O. The lowest BCUT2D eigenvalue weighted by Crippen LogP contribution is -2.32. The first-order valence-corrected chi connectivity index (χ1v) is 10.4. The van der Waals surface area contributed by atoms with Gasteiger partial charge in [0.15, 0.2) is 0 Å². The van der Waals surface area contributed by atoms with Gasteiger partial charge < -0.3 is 15.4 Å². The molecule has 166 valence electrons. The molecule has 0 aromatic heterocycles. The Morgan fingerprint density at radius 3 is 2.12 bits per heavy atom. The summed E-state index contributed by atoms with van der Waals surface area (Å²) in [4.78, 5) is 39.5. The number of para-hydroxylation sites is 1. The van der Waals surface area contributed by atoms with E-state index in [2.05, 4.69) is 10.6 Å². The van der Waals surface area contributed by atoms with Crippen LogP contribution >= 0.6 is 0 Å². The fraction of sp³-hybridized carbons (Fsp3) is 0.115. The highest BCUT2D eigenvalue weighted by Gasteiger charge is 2.41. The second-order valence-electron chi connectivity index (χ2n) is 7.62. The summed E-state index contributed by atoms with van der Waals surface area (Å²) in [5.41, 5.74) is 3.63. The topological polar surface area (TPSA) is 87.7 Å². The quantitative estimate of drug-likeness (QED) is 0.555. The van der Waals surface area contributed by atoms with Gasteiger partial charge in [-0.25, -0.2) is 4.90 Å². The average molecular weight is 441 g/mol. The van der Waals surface area contributed by atoms with Gasteiger partial charge in [-0.1, -0.05) is 35.9 Å². The van der Waals surface area contributed by atoms with E-state index < -0.39 is 11.8 Å². The maximum Gasteiger partial charge on any atom is 0.282 e. The lowest BCUT2D eigenvalue weighted by molar-refractivity contribution is -0.120. The Balaban J connectivity index is 1.78. The molecule has 0 radical (unpaired) electrons. The van der Waals surface area contributed by atoms with E-state index in [1.54, 1.807) is 60.7 Å². The Kier molecular flexibility index (Phi) is 5.95. The molecule has 0 unspecified atom stereocenters. The number of aryl methyl sites for hydroxylation is 1. The maximum absolute atomic E-state index is 13.6. The molecule has 0 fully saturated rings. The van der Waals surface area contributed by atoms with Crippen molar-refractivity contribution >= 4 is 40.4 Å². The Morgan fingerprint density at radius 1 is 0.848 bits per heavy atom. The number of methoxy groups -OCH3 is 1. The molecule has 0 saturated carbocycles. The number of nitrogens with zero attached hydrogens (tertiary/aromatic N) is 1. The van der Waals surface area contributed by atoms with Crippen molar-refractivity contribution in [2.45, 2.75) is 13.8 Å².